The topological polar surface area (TPSA) is 36.7 Å². The highest BCUT2D eigenvalue weighted by molar-refractivity contribution is 5.34. The first-order valence-corrected chi connectivity index (χ1v) is 4.50. The fraction of sp³-hybridized carbons (Fsp3) is 0.400. The van der Waals surface area contributed by atoms with Gasteiger partial charge in [-0.3, -0.25) is 0 Å². The first-order chi connectivity index (χ1) is 7.77. The number of aryl methyl sites for hydroxylation is 1. The molecule has 0 atom stereocenters. The zero-order chi connectivity index (χ0) is 13.2. The van der Waals surface area contributed by atoms with E-state index in [4.69, 9.17) is 5.26 Å². The van der Waals surface area contributed by atoms with Gasteiger partial charge < -0.3 is 0 Å². The lowest BCUT2D eigenvalue weighted by atomic mass is 10.1. The maximum atomic E-state index is 12.5. The number of nitrogens with zero attached hydrogens (tertiary/aromatic N) is 2. The summed E-state index contributed by atoms with van der Waals surface area (Å²) < 4.78 is 62.5. The number of hydrogen-bond acceptors (Lipinski definition) is 2. The summed E-state index contributed by atoms with van der Waals surface area (Å²) in [6, 6.07) is 2.19. The molecular formula is C10H7F5N2. The molecule has 0 spiro atoms. The van der Waals surface area contributed by atoms with Crippen LogP contribution >= 0.6 is 0 Å². The molecule has 0 aliphatic heterocycles. The van der Waals surface area contributed by atoms with Crippen molar-refractivity contribution in [1.82, 2.24) is 4.98 Å². The van der Waals surface area contributed by atoms with Gasteiger partial charge in [-0.1, -0.05) is 0 Å². The van der Waals surface area contributed by atoms with Gasteiger partial charge in [-0.05, 0) is 18.6 Å². The molecule has 0 saturated carbocycles. The summed E-state index contributed by atoms with van der Waals surface area (Å²) >= 11 is 0. The molecule has 0 N–H and O–H groups in total. The third-order valence-corrected chi connectivity index (χ3v) is 2.10. The Labute approximate surface area is 93.7 Å². The third-order valence-electron chi connectivity index (χ3n) is 2.10. The maximum Gasteiger partial charge on any atom is 0.433 e. The van der Waals surface area contributed by atoms with Crippen LogP contribution in [0.3, 0.4) is 0 Å². The van der Waals surface area contributed by atoms with Crippen molar-refractivity contribution in [1.29, 1.82) is 5.26 Å². The zero-order valence-corrected chi connectivity index (χ0v) is 8.65. The SMILES string of the molecule is Cc1nc(C(F)(F)F)c(CC#N)cc1C(F)F. The van der Waals surface area contributed by atoms with Crippen LogP contribution in [0.5, 0.6) is 0 Å². The van der Waals surface area contributed by atoms with E-state index in [-0.39, 0.29) is 5.69 Å². The van der Waals surface area contributed by atoms with Gasteiger partial charge in [0.1, 0.15) is 5.69 Å². The van der Waals surface area contributed by atoms with Crippen LogP contribution in [0.25, 0.3) is 0 Å². The Balaban J connectivity index is 3.42. The van der Waals surface area contributed by atoms with Crippen LogP contribution in [0, 0.1) is 18.3 Å². The number of hydrogen-bond donors (Lipinski definition) is 0. The van der Waals surface area contributed by atoms with Crippen LogP contribution in [0.15, 0.2) is 6.07 Å². The summed E-state index contributed by atoms with van der Waals surface area (Å²) in [6.07, 6.45) is -8.28. The fourth-order valence-corrected chi connectivity index (χ4v) is 1.35. The van der Waals surface area contributed by atoms with Crippen molar-refractivity contribution in [2.45, 2.75) is 25.9 Å². The predicted molar refractivity (Wildman–Crippen MR) is 48.3 cm³/mol. The van der Waals surface area contributed by atoms with E-state index >= 15 is 0 Å². The highest BCUT2D eigenvalue weighted by Crippen LogP contribution is 2.33. The number of pyridine rings is 1. The molecule has 0 bridgehead atoms. The third kappa shape index (κ3) is 2.90. The zero-order valence-electron chi connectivity index (χ0n) is 8.65. The summed E-state index contributed by atoms with van der Waals surface area (Å²) in [5.74, 6) is 0. The maximum absolute atomic E-state index is 12.5. The molecule has 0 aliphatic rings. The Hall–Kier alpha value is -1.71. The van der Waals surface area contributed by atoms with Crippen LogP contribution in [0.2, 0.25) is 0 Å². The molecule has 0 radical (unpaired) electrons. The van der Waals surface area contributed by atoms with E-state index in [0.717, 1.165) is 6.92 Å². The number of rotatable bonds is 2. The Kier molecular flexibility index (Phi) is 3.66. The first kappa shape index (κ1) is 13.4. The molecule has 0 unspecified atom stereocenters. The van der Waals surface area contributed by atoms with Crippen LogP contribution in [-0.2, 0) is 12.6 Å². The molecule has 2 nitrogen and oxygen atoms in total. The number of nitriles is 1. The molecule has 1 aromatic heterocycles. The smallest absolute Gasteiger partial charge is 0.248 e. The highest BCUT2D eigenvalue weighted by atomic mass is 19.4. The summed E-state index contributed by atoms with van der Waals surface area (Å²) in [4.78, 5) is 3.13. The fourth-order valence-electron chi connectivity index (χ4n) is 1.35. The molecule has 17 heavy (non-hydrogen) atoms. The van der Waals surface area contributed by atoms with Gasteiger partial charge in [0, 0.05) is 11.3 Å². The Morgan fingerprint density at radius 2 is 2.00 bits per heavy atom. The average Bonchev–Trinajstić information content (AvgIpc) is 2.18. The molecule has 0 aromatic carbocycles. The Morgan fingerprint density at radius 3 is 2.41 bits per heavy atom. The molecule has 0 aliphatic carbocycles. The van der Waals surface area contributed by atoms with E-state index in [1.807, 2.05) is 0 Å². The van der Waals surface area contributed by atoms with E-state index in [0.29, 0.717) is 6.07 Å². The van der Waals surface area contributed by atoms with Gasteiger partial charge in [0.15, 0.2) is 0 Å². The quantitative estimate of drug-likeness (QED) is 0.754. The lowest BCUT2D eigenvalue weighted by Crippen LogP contribution is -2.14. The van der Waals surface area contributed by atoms with E-state index < -0.39 is 35.8 Å². The normalized spacial score (nSPS) is 11.6. The minimum atomic E-state index is -4.75. The first-order valence-electron chi connectivity index (χ1n) is 4.50. The van der Waals surface area contributed by atoms with Crippen LogP contribution in [0.1, 0.15) is 28.9 Å². The largest absolute Gasteiger partial charge is 0.433 e. The predicted octanol–water partition coefficient (Wildman–Crippen LogP) is 3.41. The van der Waals surface area contributed by atoms with Crippen molar-refractivity contribution >= 4 is 0 Å². The monoisotopic (exact) mass is 250 g/mol. The summed E-state index contributed by atoms with van der Waals surface area (Å²) in [6.45, 7) is 1.08. The number of alkyl halides is 5. The molecule has 92 valence electrons. The lowest BCUT2D eigenvalue weighted by Gasteiger charge is -2.13. The summed E-state index contributed by atoms with van der Waals surface area (Å²) in [7, 11) is 0. The van der Waals surface area contributed by atoms with Crippen molar-refractivity contribution in [3.8, 4) is 6.07 Å². The molecule has 0 fully saturated rings. The van der Waals surface area contributed by atoms with Crippen molar-refractivity contribution < 1.29 is 22.0 Å². The average molecular weight is 250 g/mol. The summed E-state index contributed by atoms with van der Waals surface area (Å²) in [5.41, 5.74) is -2.76. The van der Waals surface area contributed by atoms with E-state index in [1.54, 1.807) is 0 Å². The second-order valence-corrected chi connectivity index (χ2v) is 3.30. The second-order valence-electron chi connectivity index (χ2n) is 3.30. The van der Waals surface area contributed by atoms with Gasteiger partial charge in [0.25, 0.3) is 6.43 Å². The van der Waals surface area contributed by atoms with Gasteiger partial charge in [-0.15, -0.1) is 0 Å². The molecule has 7 heteroatoms. The van der Waals surface area contributed by atoms with Crippen molar-refractivity contribution in [3.05, 3.63) is 28.6 Å². The van der Waals surface area contributed by atoms with E-state index in [1.165, 1.54) is 6.07 Å². The van der Waals surface area contributed by atoms with Gasteiger partial charge in [0.05, 0.1) is 12.5 Å². The van der Waals surface area contributed by atoms with Crippen molar-refractivity contribution in [3.63, 3.8) is 0 Å². The minimum Gasteiger partial charge on any atom is -0.248 e. The molecule has 1 heterocycles. The van der Waals surface area contributed by atoms with Crippen LogP contribution in [-0.4, -0.2) is 4.98 Å². The van der Waals surface area contributed by atoms with E-state index in [9.17, 15) is 22.0 Å². The number of aromatic nitrogens is 1. The van der Waals surface area contributed by atoms with Gasteiger partial charge in [-0.25, -0.2) is 13.8 Å². The van der Waals surface area contributed by atoms with Gasteiger partial charge in [0.2, 0.25) is 0 Å². The lowest BCUT2D eigenvalue weighted by molar-refractivity contribution is -0.141. The minimum absolute atomic E-state index is 0.381. The molecule has 1 aromatic rings. The van der Waals surface area contributed by atoms with E-state index in [2.05, 4.69) is 4.98 Å². The molecule has 1 rings (SSSR count). The Bertz CT molecular complexity index is 459. The highest BCUT2D eigenvalue weighted by Gasteiger charge is 2.36. The molecule has 0 amide bonds. The Morgan fingerprint density at radius 1 is 1.41 bits per heavy atom. The van der Waals surface area contributed by atoms with Crippen LogP contribution < -0.4 is 0 Å². The van der Waals surface area contributed by atoms with Crippen molar-refractivity contribution in [2.24, 2.45) is 0 Å². The molecule has 0 saturated heterocycles. The van der Waals surface area contributed by atoms with Crippen LogP contribution in [0.4, 0.5) is 22.0 Å². The molecular weight excluding hydrogens is 243 g/mol. The standard InChI is InChI=1S/C10H7F5N2/c1-5-7(9(11)12)4-6(2-3-16)8(17-5)10(13,14)15/h4,9H,2H2,1H3. The number of halogens is 5. The van der Waals surface area contributed by atoms with Gasteiger partial charge in [-0.2, -0.15) is 18.4 Å². The summed E-state index contributed by atoms with van der Waals surface area (Å²) in [5, 5.41) is 8.38. The second kappa shape index (κ2) is 4.65. The van der Waals surface area contributed by atoms with Crippen molar-refractivity contribution in [2.75, 3.05) is 0 Å². The van der Waals surface area contributed by atoms with Gasteiger partial charge >= 0.3 is 6.18 Å².